The minimum absolute atomic E-state index is 0.0571. The monoisotopic (exact) mass is 457 g/mol. The topological polar surface area (TPSA) is 83.7 Å². The van der Waals surface area contributed by atoms with E-state index in [1.807, 2.05) is 38.1 Å². The third kappa shape index (κ3) is 4.25. The van der Waals surface area contributed by atoms with E-state index in [1.165, 1.54) is 12.1 Å². The van der Waals surface area contributed by atoms with E-state index in [1.54, 1.807) is 9.80 Å². The van der Waals surface area contributed by atoms with Crippen molar-refractivity contribution >= 4 is 21.6 Å². The van der Waals surface area contributed by atoms with Crippen LogP contribution in [0.5, 0.6) is 0 Å². The Morgan fingerprint density at radius 3 is 2.25 bits per heavy atom. The highest BCUT2D eigenvalue weighted by molar-refractivity contribution is 7.91. The van der Waals surface area contributed by atoms with Crippen LogP contribution in [-0.4, -0.2) is 50.4 Å². The summed E-state index contributed by atoms with van der Waals surface area (Å²) in [6.45, 7) is 5.52. The molecule has 2 aromatic carbocycles. The van der Waals surface area contributed by atoms with Crippen LogP contribution in [0, 0.1) is 12.7 Å². The largest absolute Gasteiger partial charge is 0.419 e. The maximum Gasteiger partial charge on any atom is 0.236 e. The van der Waals surface area contributed by atoms with Crippen molar-refractivity contribution in [1.82, 2.24) is 9.88 Å². The molecule has 0 unspecified atom stereocenters. The summed E-state index contributed by atoms with van der Waals surface area (Å²) in [4.78, 5) is 19.8. The molecule has 7 nitrogen and oxygen atoms in total. The second-order valence-electron chi connectivity index (χ2n) is 7.67. The number of benzene rings is 2. The highest BCUT2D eigenvalue weighted by Crippen LogP contribution is 2.35. The molecular formula is C23H24FN3O4S. The van der Waals surface area contributed by atoms with E-state index in [-0.39, 0.29) is 27.6 Å². The fraction of sp³-hybridized carbons (Fsp3) is 0.304. The van der Waals surface area contributed by atoms with Gasteiger partial charge in [-0.3, -0.25) is 4.79 Å². The summed E-state index contributed by atoms with van der Waals surface area (Å²) in [6, 6.07) is 12.0. The summed E-state index contributed by atoms with van der Waals surface area (Å²) in [6.07, 6.45) is 0.421. The Labute approximate surface area is 186 Å². The van der Waals surface area contributed by atoms with Gasteiger partial charge in [0.15, 0.2) is 0 Å². The quantitative estimate of drug-likeness (QED) is 0.544. The molecule has 2 heterocycles. The van der Waals surface area contributed by atoms with Crippen molar-refractivity contribution in [2.24, 2.45) is 0 Å². The van der Waals surface area contributed by atoms with Crippen LogP contribution in [0.25, 0.3) is 11.5 Å². The van der Waals surface area contributed by atoms with Gasteiger partial charge in [0.05, 0.1) is 4.90 Å². The third-order valence-corrected chi connectivity index (χ3v) is 7.15. The van der Waals surface area contributed by atoms with Crippen molar-refractivity contribution in [2.75, 3.05) is 31.1 Å². The Balaban J connectivity index is 1.75. The molecule has 3 aromatic rings. The van der Waals surface area contributed by atoms with Crippen LogP contribution in [0.3, 0.4) is 0 Å². The van der Waals surface area contributed by atoms with Gasteiger partial charge in [0.1, 0.15) is 5.82 Å². The second-order valence-corrected chi connectivity index (χ2v) is 9.54. The van der Waals surface area contributed by atoms with Crippen molar-refractivity contribution in [3.8, 4) is 11.5 Å². The number of oxazole rings is 1. The lowest BCUT2D eigenvalue weighted by atomic mass is 10.1. The molecule has 0 radical (unpaired) electrons. The summed E-state index contributed by atoms with van der Waals surface area (Å²) in [5, 5.41) is -0.213. The minimum atomic E-state index is -4.06. The van der Waals surface area contributed by atoms with Crippen LogP contribution in [0.2, 0.25) is 0 Å². The highest BCUT2D eigenvalue weighted by atomic mass is 32.2. The number of halogens is 1. The van der Waals surface area contributed by atoms with Gasteiger partial charge in [0.2, 0.25) is 32.5 Å². The molecule has 9 heteroatoms. The molecule has 1 amide bonds. The first-order valence-corrected chi connectivity index (χ1v) is 11.9. The normalized spacial score (nSPS) is 14.6. The molecule has 1 aliphatic heterocycles. The molecule has 0 aliphatic carbocycles. The standard InChI is InChI=1S/C23H24FN3O4S/c1-3-20(28)26-12-14-27(15-13-26)23-22(32(29,30)19-10-8-18(24)9-11-19)25-21(31-23)17-6-4-16(2)5-7-17/h4-11H,3,12-15H2,1-2H3. The van der Waals surface area contributed by atoms with Crippen molar-refractivity contribution in [3.63, 3.8) is 0 Å². The van der Waals surface area contributed by atoms with Crippen molar-refractivity contribution in [2.45, 2.75) is 30.2 Å². The molecule has 32 heavy (non-hydrogen) atoms. The number of sulfone groups is 1. The number of carbonyl (C=O) groups is 1. The predicted molar refractivity (Wildman–Crippen MR) is 118 cm³/mol. The molecule has 0 atom stereocenters. The molecule has 1 saturated heterocycles. The first-order valence-electron chi connectivity index (χ1n) is 10.4. The van der Waals surface area contributed by atoms with Gasteiger partial charge in [-0.1, -0.05) is 24.6 Å². The number of aromatic nitrogens is 1. The molecule has 0 spiro atoms. The summed E-state index contributed by atoms with van der Waals surface area (Å²) in [5.41, 5.74) is 1.70. The van der Waals surface area contributed by atoms with Crippen LogP contribution in [-0.2, 0) is 14.6 Å². The van der Waals surface area contributed by atoms with Crippen molar-refractivity contribution < 1.29 is 22.0 Å². The SMILES string of the molecule is CCC(=O)N1CCN(c2oc(-c3ccc(C)cc3)nc2S(=O)(=O)c2ccc(F)cc2)CC1. The predicted octanol–water partition coefficient (Wildman–Crippen LogP) is 3.68. The Hall–Kier alpha value is -3.20. The van der Waals surface area contributed by atoms with Gasteiger partial charge < -0.3 is 14.2 Å². The maximum atomic E-state index is 13.4. The lowest BCUT2D eigenvalue weighted by Gasteiger charge is -2.34. The van der Waals surface area contributed by atoms with E-state index < -0.39 is 15.7 Å². The number of hydrogen-bond acceptors (Lipinski definition) is 6. The van der Waals surface area contributed by atoms with Crippen LogP contribution >= 0.6 is 0 Å². The number of hydrogen-bond donors (Lipinski definition) is 0. The van der Waals surface area contributed by atoms with Crippen LogP contribution in [0.15, 0.2) is 62.9 Å². The first kappa shape index (κ1) is 22.0. The average Bonchev–Trinajstić information content (AvgIpc) is 3.26. The molecule has 4 rings (SSSR count). The molecule has 168 valence electrons. The van der Waals surface area contributed by atoms with Crippen LogP contribution < -0.4 is 4.90 Å². The molecule has 1 fully saturated rings. The Kier molecular flexibility index (Phi) is 6.01. The summed E-state index contributed by atoms with van der Waals surface area (Å²) >= 11 is 0. The van der Waals surface area contributed by atoms with Gasteiger partial charge in [-0.05, 0) is 43.3 Å². The number of nitrogens with zero attached hydrogens (tertiary/aromatic N) is 3. The highest BCUT2D eigenvalue weighted by Gasteiger charge is 2.33. The first-order chi connectivity index (χ1) is 15.3. The van der Waals surface area contributed by atoms with Crippen LogP contribution in [0.1, 0.15) is 18.9 Å². The van der Waals surface area contributed by atoms with Crippen molar-refractivity contribution in [3.05, 3.63) is 59.9 Å². The van der Waals surface area contributed by atoms with E-state index in [0.29, 0.717) is 38.2 Å². The number of rotatable bonds is 5. The van der Waals surface area contributed by atoms with Gasteiger partial charge in [-0.15, -0.1) is 0 Å². The van der Waals surface area contributed by atoms with E-state index in [0.717, 1.165) is 17.7 Å². The van der Waals surface area contributed by atoms with Crippen molar-refractivity contribution in [1.29, 1.82) is 0 Å². The summed E-state index contributed by atoms with van der Waals surface area (Å²) in [7, 11) is -4.06. The molecule has 1 aliphatic rings. The fourth-order valence-corrected chi connectivity index (χ4v) is 4.92. The zero-order valence-electron chi connectivity index (χ0n) is 17.9. The Morgan fingerprint density at radius 2 is 1.66 bits per heavy atom. The van der Waals surface area contributed by atoms with Gasteiger partial charge in [0, 0.05) is 38.2 Å². The van der Waals surface area contributed by atoms with Gasteiger partial charge in [-0.2, -0.15) is 4.98 Å². The molecule has 0 saturated carbocycles. The molecular weight excluding hydrogens is 433 g/mol. The number of anilines is 1. The fourth-order valence-electron chi connectivity index (χ4n) is 3.60. The van der Waals surface area contributed by atoms with Crippen LogP contribution in [0.4, 0.5) is 10.3 Å². The number of piperazine rings is 1. The van der Waals surface area contributed by atoms with E-state index in [2.05, 4.69) is 4.98 Å². The summed E-state index contributed by atoms with van der Waals surface area (Å²) < 4.78 is 46.1. The average molecular weight is 458 g/mol. The van der Waals surface area contributed by atoms with Gasteiger partial charge >= 0.3 is 0 Å². The lowest BCUT2D eigenvalue weighted by Crippen LogP contribution is -2.48. The van der Waals surface area contributed by atoms with Gasteiger partial charge in [0.25, 0.3) is 0 Å². The number of amides is 1. The lowest BCUT2D eigenvalue weighted by molar-refractivity contribution is -0.131. The second kappa shape index (κ2) is 8.74. The molecule has 0 N–H and O–H groups in total. The third-order valence-electron chi connectivity index (χ3n) is 5.48. The zero-order chi connectivity index (χ0) is 22.9. The zero-order valence-corrected chi connectivity index (χ0v) is 18.7. The molecule has 1 aromatic heterocycles. The van der Waals surface area contributed by atoms with E-state index in [4.69, 9.17) is 4.42 Å². The number of carbonyl (C=O) groups excluding carboxylic acids is 1. The molecule has 0 bridgehead atoms. The van der Waals surface area contributed by atoms with E-state index >= 15 is 0 Å². The maximum absolute atomic E-state index is 13.4. The van der Waals surface area contributed by atoms with Gasteiger partial charge in [-0.25, -0.2) is 12.8 Å². The minimum Gasteiger partial charge on any atom is -0.419 e. The Bertz CT molecular complexity index is 1210. The Morgan fingerprint density at radius 1 is 1.03 bits per heavy atom. The smallest absolute Gasteiger partial charge is 0.236 e. The number of aryl methyl sites for hydroxylation is 1. The van der Waals surface area contributed by atoms with E-state index in [9.17, 15) is 17.6 Å². The summed E-state index contributed by atoms with van der Waals surface area (Å²) in [5.74, 6) is -0.149.